The molecule has 0 aromatic rings. The molecule has 5 unspecified atom stereocenters. The van der Waals surface area contributed by atoms with Crippen LogP contribution in [0, 0.1) is 23.7 Å². The average molecular weight is 242 g/mol. The van der Waals surface area contributed by atoms with Gasteiger partial charge in [0.25, 0.3) is 0 Å². The minimum absolute atomic E-state index is 0.0475. The van der Waals surface area contributed by atoms with Gasteiger partial charge in [-0.3, -0.25) is 4.79 Å². The molecule has 0 aromatic heterocycles. The lowest BCUT2D eigenvalue weighted by Crippen LogP contribution is -2.33. The van der Waals surface area contributed by atoms with Gasteiger partial charge >= 0.3 is 5.97 Å². The Balaban J connectivity index is 1.61. The van der Waals surface area contributed by atoms with E-state index in [-0.39, 0.29) is 11.9 Å². The summed E-state index contributed by atoms with van der Waals surface area (Å²) in [6, 6.07) is 0. The predicted molar refractivity (Wildman–Crippen MR) is 62.4 cm³/mol. The van der Waals surface area contributed by atoms with Gasteiger partial charge in [-0.1, -0.05) is 0 Å². The first-order chi connectivity index (χ1) is 7.81. The Bertz CT molecular complexity index is 294. The van der Waals surface area contributed by atoms with E-state index in [1.54, 1.807) is 0 Å². The fraction of sp³-hybridized carbons (Fsp3) is 0.917. The van der Waals surface area contributed by atoms with Gasteiger partial charge in [0.2, 0.25) is 0 Å². The van der Waals surface area contributed by atoms with Crippen molar-refractivity contribution in [3.8, 4) is 0 Å². The molecule has 3 rings (SSSR count). The summed E-state index contributed by atoms with van der Waals surface area (Å²) < 4.78 is 11.1. The van der Waals surface area contributed by atoms with Crippen LogP contribution in [0.3, 0.4) is 0 Å². The molecule has 5 atom stereocenters. The summed E-state index contributed by atoms with van der Waals surface area (Å²) in [5.74, 6) is 2.69. The van der Waals surface area contributed by atoms with Gasteiger partial charge in [-0.25, -0.2) is 0 Å². The molecular formula is C12H18O3S. The fourth-order valence-corrected chi connectivity index (χ4v) is 3.92. The van der Waals surface area contributed by atoms with Crippen LogP contribution < -0.4 is 0 Å². The highest BCUT2D eigenvalue weighted by molar-refractivity contribution is 7.80. The molecule has 0 amide bonds. The summed E-state index contributed by atoms with van der Waals surface area (Å²) in [6.45, 7) is 1.45. The number of fused-ring (bicyclic) bond motifs is 5. The van der Waals surface area contributed by atoms with E-state index in [4.69, 9.17) is 9.47 Å². The monoisotopic (exact) mass is 242 g/mol. The smallest absolute Gasteiger partial charge is 0.309 e. The molecule has 16 heavy (non-hydrogen) atoms. The molecule has 0 spiro atoms. The molecule has 1 saturated heterocycles. The van der Waals surface area contributed by atoms with Crippen LogP contribution in [-0.4, -0.2) is 31.0 Å². The maximum absolute atomic E-state index is 11.5. The van der Waals surface area contributed by atoms with Crippen molar-refractivity contribution in [1.82, 2.24) is 0 Å². The van der Waals surface area contributed by atoms with E-state index in [0.29, 0.717) is 30.5 Å². The van der Waals surface area contributed by atoms with Crippen LogP contribution in [-0.2, 0) is 14.3 Å². The van der Waals surface area contributed by atoms with Gasteiger partial charge in [-0.05, 0) is 36.9 Å². The number of thiol groups is 1. The summed E-state index contributed by atoms with van der Waals surface area (Å²) in [6.07, 6.45) is 3.63. The van der Waals surface area contributed by atoms with Crippen LogP contribution in [0.2, 0.25) is 0 Å². The maximum atomic E-state index is 11.5. The highest BCUT2D eigenvalue weighted by Gasteiger charge is 2.59. The highest BCUT2D eigenvalue weighted by Crippen LogP contribution is 2.55. The normalized spacial score (nSPS) is 44.8. The zero-order valence-electron chi connectivity index (χ0n) is 9.30. The van der Waals surface area contributed by atoms with Crippen LogP contribution in [0.4, 0.5) is 0 Å². The molecular weight excluding hydrogens is 224 g/mol. The molecule has 0 aromatic carbocycles. The first kappa shape index (κ1) is 10.9. The number of carbonyl (C=O) groups is 1. The zero-order valence-corrected chi connectivity index (χ0v) is 10.2. The first-order valence-electron chi connectivity index (χ1n) is 6.20. The van der Waals surface area contributed by atoms with E-state index in [0.717, 1.165) is 25.2 Å². The fourth-order valence-electron chi connectivity index (χ4n) is 3.79. The Kier molecular flexibility index (Phi) is 2.88. The molecule has 0 N–H and O–H groups in total. The van der Waals surface area contributed by atoms with E-state index >= 15 is 0 Å². The minimum Gasteiger partial charge on any atom is -0.465 e. The van der Waals surface area contributed by atoms with E-state index in [1.165, 1.54) is 6.42 Å². The van der Waals surface area contributed by atoms with E-state index in [9.17, 15) is 4.79 Å². The molecule has 1 heterocycles. The van der Waals surface area contributed by atoms with Crippen molar-refractivity contribution in [3.63, 3.8) is 0 Å². The average Bonchev–Trinajstić information content (AvgIpc) is 2.91. The third-order valence-corrected chi connectivity index (χ3v) is 4.75. The number of hydrogen-bond acceptors (Lipinski definition) is 4. The Morgan fingerprint density at radius 3 is 3.06 bits per heavy atom. The molecule has 3 fully saturated rings. The summed E-state index contributed by atoms with van der Waals surface area (Å²) >= 11 is 4.18. The topological polar surface area (TPSA) is 35.5 Å². The van der Waals surface area contributed by atoms with Gasteiger partial charge in [-0.15, -0.1) is 0 Å². The third kappa shape index (κ3) is 1.58. The number of cyclic esters (lactones) is 1. The lowest BCUT2D eigenvalue weighted by molar-refractivity contribution is -0.142. The van der Waals surface area contributed by atoms with Crippen LogP contribution in [0.1, 0.15) is 19.3 Å². The lowest BCUT2D eigenvalue weighted by atomic mass is 9.80. The lowest BCUT2D eigenvalue weighted by Gasteiger charge is -2.28. The van der Waals surface area contributed by atoms with Crippen LogP contribution in [0.25, 0.3) is 0 Å². The standard InChI is InChI=1S/C12H18O3S/c13-12-11-7-4-8(9(11)6-15-12)10(5-7)14-2-1-3-16/h7-11,16H,1-6H2. The second-order valence-corrected chi connectivity index (χ2v) is 5.65. The van der Waals surface area contributed by atoms with Crippen molar-refractivity contribution in [2.24, 2.45) is 23.7 Å². The van der Waals surface area contributed by atoms with Crippen molar-refractivity contribution < 1.29 is 14.3 Å². The minimum atomic E-state index is 0.0475. The molecule has 2 aliphatic carbocycles. The van der Waals surface area contributed by atoms with Gasteiger partial charge in [0.1, 0.15) is 0 Å². The van der Waals surface area contributed by atoms with Crippen LogP contribution in [0.5, 0.6) is 0 Å². The second-order valence-electron chi connectivity index (χ2n) is 5.20. The van der Waals surface area contributed by atoms with Crippen molar-refractivity contribution in [2.45, 2.75) is 25.4 Å². The summed E-state index contributed by atoms with van der Waals surface area (Å²) in [5.41, 5.74) is 0. The number of esters is 1. The molecule has 2 bridgehead atoms. The molecule has 2 saturated carbocycles. The van der Waals surface area contributed by atoms with Gasteiger partial charge in [0.15, 0.2) is 0 Å². The van der Waals surface area contributed by atoms with Gasteiger partial charge < -0.3 is 9.47 Å². The zero-order chi connectivity index (χ0) is 11.1. The molecule has 4 heteroatoms. The summed E-state index contributed by atoms with van der Waals surface area (Å²) in [7, 11) is 0. The van der Waals surface area contributed by atoms with Gasteiger partial charge in [-0.2, -0.15) is 12.6 Å². The quantitative estimate of drug-likeness (QED) is 0.461. The van der Waals surface area contributed by atoms with Crippen LogP contribution >= 0.6 is 12.6 Å². The molecule has 3 aliphatic rings. The number of rotatable bonds is 4. The third-order valence-electron chi connectivity index (χ3n) is 4.43. The molecule has 1 aliphatic heterocycles. The maximum Gasteiger partial charge on any atom is 0.309 e. The SMILES string of the molecule is O=C1OCC2C3CC(CC3OCCCS)C12. The Hall–Kier alpha value is -0.220. The number of hydrogen-bond donors (Lipinski definition) is 1. The van der Waals surface area contributed by atoms with Gasteiger partial charge in [0.05, 0.1) is 18.6 Å². The highest BCUT2D eigenvalue weighted by atomic mass is 32.1. The molecule has 3 nitrogen and oxygen atoms in total. The number of carbonyl (C=O) groups excluding carboxylic acids is 1. The van der Waals surface area contributed by atoms with Crippen molar-refractivity contribution in [3.05, 3.63) is 0 Å². The second kappa shape index (κ2) is 4.22. The van der Waals surface area contributed by atoms with E-state index in [2.05, 4.69) is 12.6 Å². The Morgan fingerprint density at radius 2 is 2.25 bits per heavy atom. The van der Waals surface area contributed by atoms with E-state index in [1.807, 2.05) is 0 Å². The Morgan fingerprint density at radius 1 is 1.38 bits per heavy atom. The van der Waals surface area contributed by atoms with Crippen molar-refractivity contribution in [1.29, 1.82) is 0 Å². The largest absolute Gasteiger partial charge is 0.465 e. The molecule has 90 valence electrons. The van der Waals surface area contributed by atoms with Crippen LogP contribution in [0.15, 0.2) is 0 Å². The van der Waals surface area contributed by atoms with Gasteiger partial charge in [0, 0.05) is 12.5 Å². The summed E-state index contributed by atoms with van der Waals surface area (Å²) in [4.78, 5) is 11.5. The van der Waals surface area contributed by atoms with Crippen molar-refractivity contribution >= 4 is 18.6 Å². The molecule has 0 radical (unpaired) electrons. The number of ether oxygens (including phenoxy) is 2. The van der Waals surface area contributed by atoms with E-state index < -0.39 is 0 Å². The predicted octanol–water partition coefficient (Wildman–Crippen LogP) is 1.52. The van der Waals surface area contributed by atoms with Crippen molar-refractivity contribution in [2.75, 3.05) is 19.0 Å². The first-order valence-corrected chi connectivity index (χ1v) is 6.83. The summed E-state index contributed by atoms with van der Waals surface area (Å²) in [5, 5.41) is 0. The Labute approximate surface area is 101 Å².